The van der Waals surface area contributed by atoms with Crippen LogP contribution in [-0.4, -0.2) is 63.8 Å². The van der Waals surface area contributed by atoms with Crippen molar-refractivity contribution in [1.29, 1.82) is 0 Å². The number of aromatic nitrogens is 3. The first-order chi connectivity index (χ1) is 18.1. The van der Waals surface area contributed by atoms with Gasteiger partial charge in [-0.3, -0.25) is 14.6 Å². The van der Waals surface area contributed by atoms with Crippen molar-refractivity contribution in [2.24, 2.45) is 0 Å². The number of benzene rings is 2. The first kappa shape index (κ1) is 24.5. The third-order valence-electron chi connectivity index (χ3n) is 6.08. The molecule has 2 aromatic heterocycles. The molecule has 0 spiro atoms. The van der Waals surface area contributed by atoms with Crippen molar-refractivity contribution in [3.63, 3.8) is 0 Å². The highest BCUT2D eigenvalue weighted by Gasteiger charge is 2.23. The summed E-state index contributed by atoms with van der Waals surface area (Å²) in [5.74, 6) is 0.378. The molecule has 37 heavy (non-hydrogen) atoms. The van der Waals surface area contributed by atoms with E-state index in [1.54, 1.807) is 12.3 Å². The minimum Gasteiger partial charge on any atom is -0.410 e. The Balaban J connectivity index is 1.09. The van der Waals surface area contributed by atoms with Gasteiger partial charge in [0.1, 0.15) is 5.69 Å². The van der Waals surface area contributed by atoms with Crippen LogP contribution in [0.5, 0.6) is 0 Å². The molecule has 1 saturated heterocycles. The molecule has 0 saturated carbocycles. The van der Waals surface area contributed by atoms with E-state index in [0.717, 1.165) is 29.9 Å². The smallest absolute Gasteiger partial charge is 0.277 e. The van der Waals surface area contributed by atoms with Crippen LogP contribution in [0.15, 0.2) is 82.6 Å². The molecule has 5 rings (SSSR count). The van der Waals surface area contributed by atoms with Gasteiger partial charge < -0.3 is 19.5 Å². The zero-order valence-corrected chi connectivity index (χ0v) is 21.1. The van der Waals surface area contributed by atoms with Crippen LogP contribution in [0.3, 0.4) is 0 Å². The van der Waals surface area contributed by atoms with Gasteiger partial charge in [0.25, 0.3) is 17.0 Å². The first-order valence-electron chi connectivity index (χ1n) is 11.9. The summed E-state index contributed by atoms with van der Waals surface area (Å²) in [5, 5.41) is 11.2. The van der Waals surface area contributed by atoms with Crippen LogP contribution in [0.25, 0.3) is 11.6 Å². The van der Waals surface area contributed by atoms with Gasteiger partial charge in [0.15, 0.2) is 0 Å². The average molecular weight is 515 g/mol. The standard InChI is InChI=1S/C27H26N6O3S/c1-19-6-2-3-7-22(19)26(35)33-16-14-32(15-17-33)21-11-9-20(10-12-21)29-24(34)18-37-27-31-30-25(36-27)23-8-4-5-13-28-23/h2-13H,14-18H2,1H3,(H,29,34). The number of nitrogens with one attached hydrogen (secondary N) is 1. The van der Waals surface area contributed by atoms with E-state index in [9.17, 15) is 9.59 Å². The van der Waals surface area contributed by atoms with E-state index in [0.29, 0.717) is 35.6 Å². The summed E-state index contributed by atoms with van der Waals surface area (Å²) in [5.41, 5.74) is 4.12. The number of carbonyl (C=O) groups excluding carboxylic acids is 2. The van der Waals surface area contributed by atoms with Gasteiger partial charge >= 0.3 is 0 Å². The molecule has 188 valence electrons. The molecule has 2 aromatic carbocycles. The average Bonchev–Trinajstić information content (AvgIpc) is 3.42. The summed E-state index contributed by atoms with van der Waals surface area (Å²) >= 11 is 1.17. The highest BCUT2D eigenvalue weighted by atomic mass is 32.2. The molecule has 1 fully saturated rings. The number of pyridine rings is 1. The maximum Gasteiger partial charge on any atom is 0.277 e. The second-order valence-electron chi connectivity index (χ2n) is 8.57. The van der Waals surface area contributed by atoms with Gasteiger partial charge in [-0.15, -0.1) is 10.2 Å². The number of thioether (sulfide) groups is 1. The lowest BCUT2D eigenvalue weighted by molar-refractivity contribution is -0.113. The number of anilines is 2. The van der Waals surface area contributed by atoms with Crippen molar-refractivity contribution in [1.82, 2.24) is 20.1 Å². The lowest BCUT2D eigenvalue weighted by Gasteiger charge is -2.36. The van der Waals surface area contributed by atoms with E-state index < -0.39 is 0 Å². The van der Waals surface area contributed by atoms with E-state index in [-0.39, 0.29) is 17.6 Å². The SMILES string of the molecule is Cc1ccccc1C(=O)N1CCN(c2ccc(NC(=O)CSc3nnc(-c4ccccn4)o3)cc2)CC1. The Labute approximate surface area is 218 Å². The third-order valence-corrected chi connectivity index (χ3v) is 6.89. The van der Waals surface area contributed by atoms with Crippen LogP contribution in [0.2, 0.25) is 0 Å². The second kappa shape index (κ2) is 11.3. The summed E-state index contributed by atoms with van der Waals surface area (Å²) < 4.78 is 5.57. The maximum absolute atomic E-state index is 12.9. The van der Waals surface area contributed by atoms with E-state index >= 15 is 0 Å². The van der Waals surface area contributed by atoms with Gasteiger partial charge in [0.05, 0.1) is 5.75 Å². The number of hydrogen-bond acceptors (Lipinski definition) is 8. The van der Waals surface area contributed by atoms with Crippen molar-refractivity contribution < 1.29 is 14.0 Å². The predicted molar refractivity (Wildman–Crippen MR) is 143 cm³/mol. The Bertz CT molecular complexity index is 1370. The topological polar surface area (TPSA) is 104 Å². The predicted octanol–water partition coefficient (Wildman–Crippen LogP) is 4.13. The molecule has 3 heterocycles. The van der Waals surface area contributed by atoms with Crippen molar-refractivity contribution in [3.8, 4) is 11.6 Å². The number of aryl methyl sites for hydroxylation is 1. The number of rotatable bonds is 7. The molecule has 1 aliphatic rings. The van der Waals surface area contributed by atoms with Crippen molar-refractivity contribution >= 4 is 35.0 Å². The highest BCUT2D eigenvalue weighted by Crippen LogP contribution is 2.23. The molecule has 4 aromatic rings. The van der Waals surface area contributed by atoms with Crippen LogP contribution in [-0.2, 0) is 4.79 Å². The molecule has 2 amide bonds. The molecule has 0 aliphatic carbocycles. The molecule has 9 nitrogen and oxygen atoms in total. The molecule has 0 atom stereocenters. The number of piperazine rings is 1. The number of nitrogens with zero attached hydrogens (tertiary/aromatic N) is 5. The lowest BCUT2D eigenvalue weighted by atomic mass is 10.1. The largest absolute Gasteiger partial charge is 0.410 e. The molecule has 0 unspecified atom stereocenters. The van der Waals surface area contributed by atoms with Crippen LogP contribution < -0.4 is 10.2 Å². The fourth-order valence-corrected chi connectivity index (χ4v) is 4.65. The molecule has 10 heteroatoms. The summed E-state index contributed by atoms with van der Waals surface area (Å²) in [7, 11) is 0. The van der Waals surface area contributed by atoms with E-state index in [2.05, 4.69) is 25.4 Å². The quantitative estimate of drug-likeness (QED) is 0.367. The summed E-state index contributed by atoms with van der Waals surface area (Å²) in [4.78, 5) is 33.6. The number of carbonyl (C=O) groups is 2. The van der Waals surface area contributed by atoms with Crippen LogP contribution in [0, 0.1) is 6.92 Å². The fourth-order valence-electron chi connectivity index (χ4n) is 4.09. The minimum absolute atomic E-state index is 0.0853. The maximum atomic E-state index is 12.9. The minimum atomic E-state index is -0.168. The van der Waals surface area contributed by atoms with E-state index in [1.807, 2.05) is 72.5 Å². The Morgan fingerprint density at radius 1 is 0.946 bits per heavy atom. The number of hydrogen-bond donors (Lipinski definition) is 1. The number of amides is 2. The zero-order valence-electron chi connectivity index (χ0n) is 20.3. The van der Waals surface area contributed by atoms with Crippen LogP contribution in [0.1, 0.15) is 15.9 Å². The normalized spacial score (nSPS) is 13.4. The fraction of sp³-hybridized carbons (Fsp3) is 0.222. The van der Waals surface area contributed by atoms with E-state index in [1.165, 1.54) is 11.8 Å². The molecule has 1 N–H and O–H groups in total. The van der Waals surface area contributed by atoms with Gasteiger partial charge in [0.2, 0.25) is 5.91 Å². The molecule has 0 radical (unpaired) electrons. The van der Waals surface area contributed by atoms with Gasteiger partial charge in [-0.1, -0.05) is 36.0 Å². The van der Waals surface area contributed by atoms with Crippen molar-refractivity contribution in [3.05, 3.63) is 84.1 Å². The van der Waals surface area contributed by atoms with Gasteiger partial charge in [-0.2, -0.15) is 0 Å². The summed E-state index contributed by atoms with van der Waals surface area (Å²) in [6.07, 6.45) is 1.65. The van der Waals surface area contributed by atoms with E-state index in [4.69, 9.17) is 4.42 Å². The molecular weight excluding hydrogens is 488 g/mol. The Morgan fingerprint density at radius 2 is 1.70 bits per heavy atom. The summed E-state index contributed by atoms with van der Waals surface area (Å²) in [6, 6.07) is 20.9. The Kier molecular flexibility index (Phi) is 7.46. The molecule has 0 bridgehead atoms. The lowest BCUT2D eigenvalue weighted by Crippen LogP contribution is -2.48. The summed E-state index contributed by atoms with van der Waals surface area (Å²) in [6.45, 7) is 4.81. The Hall–Kier alpha value is -4.18. The monoisotopic (exact) mass is 514 g/mol. The Morgan fingerprint density at radius 3 is 2.43 bits per heavy atom. The highest BCUT2D eigenvalue weighted by molar-refractivity contribution is 7.99. The van der Waals surface area contributed by atoms with Crippen molar-refractivity contribution in [2.45, 2.75) is 12.1 Å². The van der Waals surface area contributed by atoms with Crippen molar-refractivity contribution in [2.75, 3.05) is 42.1 Å². The second-order valence-corrected chi connectivity index (χ2v) is 9.49. The molecule has 1 aliphatic heterocycles. The zero-order chi connectivity index (χ0) is 25.6. The third kappa shape index (κ3) is 5.97. The van der Waals surface area contributed by atoms with Crippen LogP contribution >= 0.6 is 11.8 Å². The van der Waals surface area contributed by atoms with Gasteiger partial charge in [0, 0.05) is 49.3 Å². The van der Waals surface area contributed by atoms with Crippen LogP contribution in [0.4, 0.5) is 11.4 Å². The van der Waals surface area contributed by atoms with Gasteiger partial charge in [-0.25, -0.2) is 0 Å². The first-order valence-corrected chi connectivity index (χ1v) is 12.9. The van der Waals surface area contributed by atoms with Gasteiger partial charge in [-0.05, 0) is 55.0 Å². The molecular formula is C27H26N6O3S.